The third-order valence-electron chi connectivity index (χ3n) is 2.97. The van der Waals surface area contributed by atoms with Crippen molar-refractivity contribution in [2.75, 3.05) is 19.8 Å². The van der Waals surface area contributed by atoms with Gasteiger partial charge in [-0.25, -0.2) is 0 Å². The van der Waals surface area contributed by atoms with Crippen LogP contribution in [0.4, 0.5) is 0 Å². The molecule has 0 aromatic carbocycles. The first-order valence-electron chi connectivity index (χ1n) is 6.07. The van der Waals surface area contributed by atoms with Crippen LogP contribution < -0.4 is 5.32 Å². The molecule has 94 valence electrons. The van der Waals surface area contributed by atoms with Crippen LogP contribution in [0.1, 0.15) is 18.4 Å². The highest BCUT2D eigenvalue weighted by Crippen LogP contribution is 2.14. The van der Waals surface area contributed by atoms with Crippen molar-refractivity contribution in [3.05, 3.63) is 18.0 Å². The molecule has 2 rings (SSSR count). The number of hydrogen-bond acceptors (Lipinski definition) is 3. The molecule has 17 heavy (non-hydrogen) atoms. The minimum Gasteiger partial charge on any atom is -0.381 e. The van der Waals surface area contributed by atoms with Crippen LogP contribution >= 0.6 is 0 Å². The lowest BCUT2D eigenvalue weighted by Gasteiger charge is -2.08. The van der Waals surface area contributed by atoms with E-state index in [1.54, 1.807) is 10.9 Å². The molecular weight excluding hydrogens is 218 g/mol. The molecule has 0 aliphatic carbocycles. The van der Waals surface area contributed by atoms with Gasteiger partial charge in [-0.05, 0) is 31.2 Å². The molecule has 0 radical (unpaired) electrons. The Morgan fingerprint density at radius 3 is 3.24 bits per heavy atom. The Balaban J connectivity index is 1.63. The molecule has 1 aliphatic heterocycles. The fourth-order valence-corrected chi connectivity index (χ4v) is 1.98. The number of nitrogens with one attached hydrogen (secondary N) is 1. The Hall–Kier alpha value is -1.36. The van der Waals surface area contributed by atoms with Gasteiger partial charge in [-0.2, -0.15) is 5.10 Å². The molecule has 1 N–H and O–H groups in total. The predicted molar refractivity (Wildman–Crippen MR) is 63.5 cm³/mol. The number of carbonyl (C=O) groups excluding carboxylic acids is 1. The van der Waals surface area contributed by atoms with E-state index in [0.717, 1.165) is 38.2 Å². The van der Waals surface area contributed by atoms with Crippen LogP contribution in [0.5, 0.6) is 0 Å². The summed E-state index contributed by atoms with van der Waals surface area (Å²) in [6.07, 6.45) is 5.74. The van der Waals surface area contributed by atoms with Crippen LogP contribution in [-0.2, 0) is 16.1 Å². The van der Waals surface area contributed by atoms with Crippen molar-refractivity contribution in [1.82, 2.24) is 15.1 Å². The molecule has 1 saturated heterocycles. The molecule has 2 heterocycles. The van der Waals surface area contributed by atoms with E-state index < -0.39 is 0 Å². The monoisotopic (exact) mass is 237 g/mol. The number of aromatic nitrogens is 2. The summed E-state index contributed by atoms with van der Waals surface area (Å²) in [5.74, 6) is 0.634. The fraction of sp³-hybridized carbons (Fsp3) is 0.667. The van der Waals surface area contributed by atoms with E-state index >= 15 is 0 Å². The summed E-state index contributed by atoms with van der Waals surface area (Å²) in [4.78, 5) is 11.6. The maximum absolute atomic E-state index is 11.6. The zero-order valence-electron chi connectivity index (χ0n) is 10.2. The third-order valence-corrected chi connectivity index (χ3v) is 2.97. The smallest absolute Gasteiger partial charge is 0.241 e. The van der Waals surface area contributed by atoms with E-state index in [9.17, 15) is 4.79 Å². The van der Waals surface area contributed by atoms with Crippen LogP contribution in [0.3, 0.4) is 0 Å². The maximum Gasteiger partial charge on any atom is 0.241 e. The average molecular weight is 237 g/mol. The zero-order chi connectivity index (χ0) is 12.1. The van der Waals surface area contributed by atoms with Gasteiger partial charge < -0.3 is 10.1 Å². The summed E-state index contributed by atoms with van der Waals surface area (Å²) in [6, 6.07) is 0. The van der Waals surface area contributed by atoms with Crippen LogP contribution in [0.2, 0.25) is 0 Å². The molecule has 1 atom stereocenters. The summed E-state index contributed by atoms with van der Waals surface area (Å²) in [6.45, 7) is 4.70. The first-order valence-corrected chi connectivity index (χ1v) is 6.07. The number of nitrogens with zero attached hydrogens (tertiary/aromatic N) is 2. The SMILES string of the molecule is Cc1cnn(CC(=O)NCC[C@@H]2CCOC2)c1. The van der Waals surface area contributed by atoms with Gasteiger partial charge in [0.2, 0.25) is 5.91 Å². The molecule has 0 bridgehead atoms. The largest absolute Gasteiger partial charge is 0.381 e. The zero-order valence-corrected chi connectivity index (χ0v) is 10.2. The van der Waals surface area contributed by atoms with Gasteiger partial charge in [-0.1, -0.05) is 0 Å². The number of amides is 1. The lowest BCUT2D eigenvalue weighted by molar-refractivity contribution is -0.121. The second kappa shape index (κ2) is 5.82. The molecule has 5 nitrogen and oxygen atoms in total. The Labute approximate surface area is 101 Å². The second-order valence-corrected chi connectivity index (χ2v) is 4.58. The van der Waals surface area contributed by atoms with Crippen LogP contribution in [0.15, 0.2) is 12.4 Å². The molecular formula is C12H19N3O2. The first-order chi connectivity index (χ1) is 8.24. The van der Waals surface area contributed by atoms with Gasteiger partial charge in [0.05, 0.1) is 6.20 Å². The Kier molecular flexibility index (Phi) is 4.14. The van der Waals surface area contributed by atoms with E-state index in [1.165, 1.54) is 0 Å². The Morgan fingerprint density at radius 1 is 1.71 bits per heavy atom. The van der Waals surface area contributed by atoms with E-state index in [-0.39, 0.29) is 5.91 Å². The first kappa shape index (κ1) is 12.1. The second-order valence-electron chi connectivity index (χ2n) is 4.58. The van der Waals surface area contributed by atoms with Crippen LogP contribution in [-0.4, -0.2) is 35.4 Å². The lowest BCUT2D eigenvalue weighted by atomic mass is 10.1. The van der Waals surface area contributed by atoms with Gasteiger partial charge >= 0.3 is 0 Å². The Bertz CT molecular complexity index is 370. The number of rotatable bonds is 5. The predicted octanol–water partition coefficient (Wildman–Crippen LogP) is 0.734. The van der Waals surface area contributed by atoms with Gasteiger partial charge in [0, 0.05) is 26.0 Å². The fourth-order valence-electron chi connectivity index (χ4n) is 1.98. The highest BCUT2D eigenvalue weighted by atomic mass is 16.5. The molecule has 1 aromatic heterocycles. The summed E-state index contributed by atoms with van der Waals surface area (Å²) in [5.41, 5.74) is 1.07. The van der Waals surface area contributed by atoms with Crippen molar-refractivity contribution in [1.29, 1.82) is 0 Å². The van der Waals surface area contributed by atoms with Crippen molar-refractivity contribution in [2.24, 2.45) is 5.92 Å². The molecule has 0 unspecified atom stereocenters. The summed E-state index contributed by atoms with van der Waals surface area (Å²) in [5, 5.41) is 6.99. The number of ether oxygens (including phenoxy) is 1. The van der Waals surface area contributed by atoms with Gasteiger partial charge in [0.25, 0.3) is 0 Å². The molecule has 1 fully saturated rings. The van der Waals surface area contributed by atoms with Crippen molar-refractivity contribution >= 4 is 5.91 Å². The van der Waals surface area contributed by atoms with Gasteiger partial charge in [-0.3, -0.25) is 9.48 Å². The quantitative estimate of drug-likeness (QED) is 0.821. The van der Waals surface area contributed by atoms with E-state index in [4.69, 9.17) is 4.74 Å². The molecule has 5 heteroatoms. The van der Waals surface area contributed by atoms with Gasteiger partial charge in [-0.15, -0.1) is 0 Å². The summed E-state index contributed by atoms with van der Waals surface area (Å²) < 4.78 is 6.94. The minimum absolute atomic E-state index is 0.0204. The van der Waals surface area contributed by atoms with E-state index in [2.05, 4.69) is 10.4 Å². The van der Waals surface area contributed by atoms with Crippen LogP contribution in [0, 0.1) is 12.8 Å². The molecule has 1 amide bonds. The normalized spacial score (nSPS) is 19.5. The molecule has 0 spiro atoms. The molecule has 1 aliphatic rings. The highest BCUT2D eigenvalue weighted by molar-refractivity contribution is 5.75. The molecule has 0 saturated carbocycles. The van der Waals surface area contributed by atoms with Crippen molar-refractivity contribution in [3.8, 4) is 0 Å². The average Bonchev–Trinajstić information content (AvgIpc) is 2.90. The highest BCUT2D eigenvalue weighted by Gasteiger charge is 2.15. The number of carbonyl (C=O) groups is 1. The topological polar surface area (TPSA) is 56.2 Å². The third kappa shape index (κ3) is 3.85. The minimum atomic E-state index is 0.0204. The Morgan fingerprint density at radius 2 is 2.59 bits per heavy atom. The molecule has 1 aromatic rings. The lowest BCUT2D eigenvalue weighted by Crippen LogP contribution is -2.29. The summed E-state index contributed by atoms with van der Waals surface area (Å²) >= 11 is 0. The van der Waals surface area contributed by atoms with E-state index in [0.29, 0.717) is 12.5 Å². The van der Waals surface area contributed by atoms with Crippen molar-refractivity contribution in [3.63, 3.8) is 0 Å². The number of aryl methyl sites for hydroxylation is 1. The maximum atomic E-state index is 11.6. The van der Waals surface area contributed by atoms with Crippen molar-refractivity contribution in [2.45, 2.75) is 26.3 Å². The number of hydrogen-bond donors (Lipinski definition) is 1. The summed E-state index contributed by atoms with van der Waals surface area (Å²) in [7, 11) is 0. The van der Waals surface area contributed by atoms with E-state index in [1.807, 2.05) is 13.1 Å². The van der Waals surface area contributed by atoms with Gasteiger partial charge in [0.15, 0.2) is 0 Å². The van der Waals surface area contributed by atoms with Crippen molar-refractivity contribution < 1.29 is 9.53 Å². The van der Waals surface area contributed by atoms with Gasteiger partial charge in [0.1, 0.15) is 6.54 Å². The standard InChI is InChI=1S/C12H19N3O2/c1-10-6-14-15(7-10)8-12(16)13-4-2-11-3-5-17-9-11/h6-7,11H,2-5,8-9H2,1H3,(H,13,16)/t11-/m1/s1. The van der Waals surface area contributed by atoms with Crippen LogP contribution in [0.25, 0.3) is 0 Å².